The quantitative estimate of drug-likeness (QED) is 0.706. The fourth-order valence-electron chi connectivity index (χ4n) is 2.61. The molecule has 7 nitrogen and oxygen atoms in total. The van der Waals surface area contributed by atoms with E-state index < -0.39 is 12.0 Å². The van der Waals surface area contributed by atoms with Crippen LogP contribution in [0.25, 0.3) is 5.65 Å². The maximum absolute atomic E-state index is 13.1. The summed E-state index contributed by atoms with van der Waals surface area (Å²) in [4.78, 5) is 0. The van der Waals surface area contributed by atoms with Gasteiger partial charge < -0.3 is 15.2 Å². The van der Waals surface area contributed by atoms with E-state index in [0.717, 1.165) is 5.56 Å². The lowest BCUT2D eigenvalue weighted by atomic mass is 10.1. The second-order valence-electron chi connectivity index (χ2n) is 6.03. The Kier molecular flexibility index (Phi) is 4.92. The van der Waals surface area contributed by atoms with E-state index in [4.69, 9.17) is 9.84 Å². The molecule has 0 radical (unpaired) electrons. The Bertz CT molecular complexity index is 985. The Balaban J connectivity index is 1.99. The van der Waals surface area contributed by atoms with Gasteiger partial charge in [0.25, 0.3) is 5.82 Å². The van der Waals surface area contributed by atoms with Crippen LogP contribution in [0.15, 0.2) is 18.2 Å². The zero-order valence-electron chi connectivity index (χ0n) is 14.9. The number of nitrogens with zero attached hydrogens (tertiary/aromatic N) is 4. The minimum atomic E-state index is -4.66. The van der Waals surface area contributed by atoms with Crippen molar-refractivity contribution in [1.82, 2.24) is 19.8 Å². The number of aliphatic hydroxyl groups is 1. The van der Waals surface area contributed by atoms with Crippen molar-refractivity contribution in [1.29, 1.82) is 0 Å². The van der Waals surface area contributed by atoms with Gasteiger partial charge in [0.1, 0.15) is 12.4 Å². The van der Waals surface area contributed by atoms with Crippen molar-refractivity contribution >= 4 is 17.2 Å². The first-order chi connectivity index (χ1) is 12.7. The van der Waals surface area contributed by atoms with Crippen molar-refractivity contribution < 1.29 is 23.0 Å². The Morgan fingerprint density at radius 2 is 1.89 bits per heavy atom. The van der Waals surface area contributed by atoms with Gasteiger partial charge in [0.05, 0.1) is 6.61 Å². The minimum absolute atomic E-state index is 0.0642. The predicted octanol–water partition coefficient (Wildman–Crippen LogP) is 3.18. The molecule has 3 rings (SSSR count). The number of rotatable bonds is 5. The van der Waals surface area contributed by atoms with Crippen LogP contribution in [0.1, 0.15) is 22.5 Å². The molecule has 0 atom stereocenters. The number of nitrogens with one attached hydrogen (secondary N) is 1. The van der Waals surface area contributed by atoms with E-state index in [2.05, 4.69) is 20.6 Å². The van der Waals surface area contributed by atoms with Gasteiger partial charge in [0.15, 0.2) is 11.5 Å². The third-order valence-corrected chi connectivity index (χ3v) is 4.13. The number of halogens is 3. The Morgan fingerprint density at radius 1 is 1.15 bits per heavy atom. The van der Waals surface area contributed by atoms with Crippen LogP contribution in [-0.2, 0) is 6.18 Å². The molecule has 10 heteroatoms. The average molecular weight is 381 g/mol. The van der Waals surface area contributed by atoms with Gasteiger partial charge in [0, 0.05) is 16.8 Å². The molecule has 0 fully saturated rings. The second kappa shape index (κ2) is 7.03. The second-order valence-corrected chi connectivity index (χ2v) is 6.03. The Hall–Kier alpha value is -2.88. The lowest BCUT2D eigenvalue weighted by Gasteiger charge is -2.14. The fraction of sp³-hybridized carbons (Fsp3) is 0.353. The standard InChI is InChI=1S/C17H18F3N5O2/c1-9-8-12(4-5-13(9)27-7-6-26)21-14-10(2)11(3)15-22-23-16(17(18,19)20)25(15)24-14/h4-5,8,26H,6-7H2,1-3H3,(H,21,24). The SMILES string of the molecule is Cc1cc(Nc2nn3c(C(F)(F)F)nnc3c(C)c2C)ccc1OCCO. The lowest BCUT2D eigenvalue weighted by molar-refractivity contribution is -0.146. The third-order valence-electron chi connectivity index (χ3n) is 4.13. The fourth-order valence-corrected chi connectivity index (χ4v) is 2.61. The van der Waals surface area contributed by atoms with Crippen LogP contribution in [-0.4, -0.2) is 38.1 Å². The molecule has 144 valence electrons. The van der Waals surface area contributed by atoms with Gasteiger partial charge in [-0.1, -0.05) is 0 Å². The normalized spacial score (nSPS) is 11.8. The molecular formula is C17H18F3N5O2. The maximum atomic E-state index is 13.1. The summed E-state index contributed by atoms with van der Waals surface area (Å²) in [6.07, 6.45) is -4.66. The van der Waals surface area contributed by atoms with Gasteiger partial charge in [0.2, 0.25) is 0 Å². The van der Waals surface area contributed by atoms with Crippen LogP contribution < -0.4 is 10.1 Å². The molecule has 0 aliphatic rings. The number of benzene rings is 1. The molecule has 0 amide bonds. The van der Waals surface area contributed by atoms with Crippen LogP contribution >= 0.6 is 0 Å². The highest BCUT2D eigenvalue weighted by Crippen LogP contribution is 2.31. The van der Waals surface area contributed by atoms with E-state index in [0.29, 0.717) is 27.1 Å². The first-order valence-electron chi connectivity index (χ1n) is 8.13. The van der Waals surface area contributed by atoms with Gasteiger partial charge in [-0.3, -0.25) is 0 Å². The van der Waals surface area contributed by atoms with Crippen LogP contribution in [0.4, 0.5) is 24.7 Å². The van der Waals surface area contributed by atoms with Gasteiger partial charge in [-0.2, -0.15) is 17.7 Å². The highest BCUT2D eigenvalue weighted by molar-refractivity contribution is 5.65. The summed E-state index contributed by atoms with van der Waals surface area (Å²) in [6, 6.07) is 5.22. The number of fused-ring (bicyclic) bond motifs is 1. The first kappa shape index (κ1) is 18.9. The number of ether oxygens (including phenoxy) is 1. The third kappa shape index (κ3) is 3.65. The number of aliphatic hydroxyl groups excluding tert-OH is 1. The highest BCUT2D eigenvalue weighted by atomic mass is 19.4. The molecule has 0 spiro atoms. The molecule has 0 bridgehead atoms. The molecule has 0 saturated carbocycles. The van der Waals surface area contributed by atoms with Crippen molar-refractivity contribution in [2.75, 3.05) is 18.5 Å². The monoisotopic (exact) mass is 381 g/mol. The van der Waals surface area contributed by atoms with E-state index in [-0.39, 0.29) is 24.7 Å². The number of alkyl halides is 3. The van der Waals surface area contributed by atoms with Crippen molar-refractivity contribution in [3.8, 4) is 5.75 Å². The van der Waals surface area contributed by atoms with Crippen LogP contribution in [0.3, 0.4) is 0 Å². The number of anilines is 2. The minimum Gasteiger partial charge on any atom is -0.491 e. The van der Waals surface area contributed by atoms with Crippen LogP contribution in [0, 0.1) is 20.8 Å². The summed E-state index contributed by atoms with van der Waals surface area (Å²) in [5, 5.41) is 22.8. The summed E-state index contributed by atoms with van der Waals surface area (Å²) < 4.78 is 45.5. The molecule has 0 aliphatic heterocycles. The predicted molar refractivity (Wildman–Crippen MR) is 92.3 cm³/mol. The Morgan fingerprint density at radius 3 is 2.52 bits per heavy atom. The largest absolute Gasteiger partial charge is 0.491 e. The zero-order chi connectivity index (χ0) is 19.8. The van der Waals surface area contributed by atoms with E-state index in [1.165, 1.54) is 0 Å². The van der Waals surface area contributed by atoms with Crippen molar-refractivity contribution in [2.45, 2.75) is 26.9 Å². The molecule has 3 aromatic rings. The van der Waals surface area contributed by atoms with Gasteiger partial charge in [-0.15, -0.1) is 15.3 Å². The number of hydrogen-bond acceptors (Lipinski definition) is 6. The maximum Gasteiger partial charge on any atom is 0.453 e. The smallest absolute Gasteiger partial charge is 0.453 e. The summed E-state index contributed by atoms with van der Waals surface area (Å²) in [5.74, 6) is -0.287. The first-order valence-corrected chi connectivity index (χ1v) is 8.13. The number of aromatic nitrogens is 4. The average Bonchev–Trinajstić information content (AvgIpc) is 3.03. The lowest BCUT2D eigenvalue weighted by Crippen LogP contribution is -2.14. The van der Waals surface area contributed by atoms with Crippen LogP contribution in [0.2, 0.25) is 0 Å². The summed E-state index contributed by atoms with van der Waals surface area (Å²) in [5.41, 5.74) is 2.73. The summed E-state index contributed by atoms with van der Waals surface area (Å²) >= 11 is 0. The van der Waals surface area contributed by atoms with Gasteiger partial charge in [-0.25, -0.2) is 0 Å². The van der Waals surface area contributed by atoms with Crippen LogP contribution in [0.5, 0.6) is 5.75 Å². The van der Waals surface area contributed by atoms with Gasteiger partial charge >= 0.3 is 6.18 Å². The molecule has 0 unspecified atom stereocenters. The molecule has 2 aromatic heterocycles. The molecule has 27 heavy (non-hydrogen) atoms. The molecule has 0 saturated heterocycles. The molecule has 0 aliphatic carbocycles. The van der Waals surface area contributed by atoms with Crippen molar-refractivity contribution in [3.63, 3.8) is 0 Å². The van der Waals surface area contributed by atoms with E-state index in [1.807, 2.05) is 6.92 Å². The molecular weight excluding hydrogens is 363 g/mol. The van der Waals surface area contributed by atoms with Gasteiger partial charge in [-0.05, 0) is 44.5 Å². The topological polar surface area (TPSA) is 84.6 Å². The summed E-state index contributed by atoms with van der Waals surface area (Å²) in [7, 11) is 0. The number of hydrogen-bond donors (Lipinski definition) is 2. The number of aryl methyl sites for hydroxylation is 2. The molecule has 1 aromatic carbocycles. The van der Waals surface area contributed by atoms with Crippen molar-refractivity contribution in [2.24, 2.45) is 0 Å². The van der Waals surface area contributed by atoms with E-state index in [1.54, 1.807) is 32.0 Å². The zero-order valence-corrected chi connectivity index (χ0v) is 14.9. The molecule has 2 heterocycles. The van der Waals surface area contributed by atoms with Crippen molar-refractivity contribution in [3.05, 3.63) is 40.7 Å². The van der Waals surface area contributed by atoms with E-state index >= 15 is 0 Å². The van der Waals surface area contributed by atoms with E-state index in [9.17, 15) is 13.2 Å². The Labute approximate surface area is 152 Å². The molecule has 2 N–H and O–H groups in total. The summed E-state index contributed by atoms with van der Waals surface area (Å²) in [6.45, 7) is 5.33. The highest BCUT2D eigenvalue weighted by Gasteiger charge is 2.38.